The number of alkyl halides is 6. The normalized spacial score (nSPS) is 12.5. The number of sulfonamides is 1. The van der Waals surface area contributed by atoms with Crippen molar-refractivity contribution in [2.75, 3.05) is 22.4 Å². The van der Waals surface area contributed by atoms with E-state index in [0.29, 0.717) is 34.8 Å². The molecule has 2 rings (SSSR count). The summed E-state index contributed by atoms with van der Waals surface area (Å²) in [4.78, 5) is 12.2. The third kappa shape index (κ3) is 6.02. The fourth-order valence-corrected chi connectivity index (χ4v) is 3.46. The molecule has 0 fully saturated rings. The highest BCUT2D eigenvalue weighted by atomic mass is 35.5. The van der Waals surface area contributed by atoms with E-state index >= 15 is 0 Å². The maximum absolute atomic E-state index is 13.0. The Morgan fingerprint density at radius 3 is 1.93 bits per heavy atom. The summed E-state index contributed by atoms with van der Waals surface area (Å²) >= 11 is 5.84. The maximum atomic E-state index is 13.0. The maximum Gasteiger partial charge on any atom is 0.416 e. The first-order valence-corrected chi connectivity index (χ1v) is 10.1. The Bertz CT molecular complexity index is 1040. The molecule has 0 radical (unpaired) electrons. The Kier molecular flexibility index (Phi) is 6.62. The lowest BCUT2D eigenvalue weighted by Gasteiger charge is -2.24. The Hall–Kier alpha value is -2.47. The number of rotatable bonds is 5. The number of halogens is 7. The lowest BCUT2D eigenvalue weighted by atomic mass is 10.2. The first kappa shape index (κ1) is 23.8. The topological polar surface area (TPSA) is 66.5 Å². The predicted molar refractivity (Wildman–Crippen MR) is 98.7 cm³/mol. The molecule has 2 aromatic rings. The van der Waals surface area contributed by atoms with Crippen LogP contribution in [0.15, 0.2) is 42.5 Å². The molecule has 0 aliphatic rings. The lowest BCUT2D eigenvalue weighted by molar-refractivity contribution is -0.138. The quantitative estimate of drug-likeness (QED) is 0.634. The van der Waals surface area contributed by atoms with E-state index in [0.717, 1.165) is 18.2 Å². The Morgan fingerprint density at radius 2 is 1.47 bits per heavy atom. The van der Waals surface area contributed by atoms with Gasteiger partial charge in [-0.05, 0) is 42.5 Å². The van der Waals surface area contributed by atoms with Crippen LogP contribution in [0.25, 0.3) is 0 Å². The molecule has 2 aromatic carbocycles. The summed E-state index contributed by atoms with van der Waals surface area (Å²) in [6.45, 7) is -0.957. The highest BCUT2D eigenvalue weighted by Gasteiger charge is 2.33. The van der Waals surface area contributed by atoms with Gasteiger partial charge in [0.15, 0.2) is 0 Å². The number of anilines is 2. The van der Waals surface area contributed by atoms with Crippen molar-refractivity contribution in [2.24, 2.45) is 0 Å². The molecule has 0 saturated heterocycles. The summed E-state index contributed by atoms with van der Waals surface area (Å²) in [5, 5.41) is 1.83. The molecule has 0 unspecified atom stereocenters. The molecule has 0 saturated carbocycles. The number of nitrogens with zero attached hydrogens (tertiary/aromatic N) is 1. The second kappa shape index (κ2) is 8.34. The second-order valence-corrected chi connectivity index (χ2v) is 8.37. The van der Waals surface area contributed by atoms with Crippen molar-refractivity contribution in [3.63, 3.8) is 0 Å². The number of hydrogen-bond donors (Lipinski definition) is 1. The van der Waals surface area contributed by atoms with Crippen molar-refractivity contribution < 1.29 is 39.6 Å². The van der Waals surface area contributed by atoms with Crippen LogP contribution >= 0.6 is 11.6 Å². The van der Waals surface area contributed by atoms with Crippen molar-refractivity contribution in [1.29, 1.82) is 0 Å². The summed E-state index contributed by atoms with van der Waals surface area (Å²) in [5.41, 5.74) is -2.79. The fourth-order valence-electron chi connectivity index (χ4n) is 2.33. The number of hydrogen-bond acceptors (Lipinski definition) is 3. The van der Waals surface area contributed by atoms with E-state index in [1.54, 1.807) is 0 Å². The number of benzene rings is 2. The van der Waals surface area contributed by atoms with E-state index in [1.807, 2.05) is 0 Å². The third-order valence-corrected chi connectivity index (χ3v) is 5.17. The Labute approximate surface area is 172 Å². The minimum Gasteiger partial charge on any atom is -0.325 e. The molecule has 164 valence electrons. The Morgan fingerprint density at radius 1 is 0.967 bits per heavy atom. The van der Waals surface area contributed by atoms with E-state index < -0.39 is 51.6 Å². The first-order valence-electron chi connectivity index (χ1n) is 7.90. The van der Waals surface area contributed by atoms with E-state index in [-0.39, 0.29) is 10.7 Å². The number of amides is 1. The van der Waals surface area contributed by atoms with E-state index in [4.69, 9.17) is 11.6 Å². The van der Waals surface area contributed by atoms with Gasteiger partial charge in [0.05, 0.1) is 28.1 Å². The molecule has 0 aromatic heterocycles. The standard InChI is InChI=1S/C17H13ClF6N2O3S/c1-30(28,29)26(14-8-11(17(22,23)24)4-7-13(14)18)9-15(27)25-12-5-2-10(3-6-12)16(19,20)21/h2-8H,9H2,1H3,(H,25,27). The first-order chi connectivity index (χ1) is 13.6. The summed E-state index contributed by atoms with van der Waals surface area (Å²) in [6.07, 6.45) is -8.71. The van der Waals surface area contributed by atoms with Crippen LogP contribution in [0.2, 0.25) is 5.02 Å². The van der Waals surface area contributed by atoms with Gasteiger partial charge in [-0.15, -0.1) is 0 Å². The van der Waals surface area contributed by atoms with Gasteiger partial charge in [-0.25, -0.2) is 8.42 Å². The van der Waals surface area contributed by atoms with Crippen LogP contribution < -0.4 is 9.62 Å². The zero-order valence-corrected chi connectivity index (χ0v) is 16.5. The lowest BCUT2D eigenvalue weighted by Crippen LogP contribution is -2.37. The van der Waals surface area contributed by atoms with Gasteiger partial charge in [-0.3, -0.25) is 9.10 Å². The van der Waals surface area contributed by atoms with Crippen LogP contribution in [-0.4, -0.2) is 27.1 Å². The summed E-state index contributed by atoms with van der Waals surface area (Å²) in [7, 11) is -4.24. The molecule has 0 heterocycles. The number of carbonyl (C=O) groups is 1. The van der Waals surface area contributed by atoms with Crippen molar-refractivity contribution in [1.82, 2.24) is 0 Å². The molecule has 0 aliphatic carbocycles. The average Bonchev–Trinajstić information content (AvgIpc) is 2.58. The minimum absolute atomic E-state index is 0.0726. The van der Waals surface area contributed by atoms with Gasteiger partial charge in [0.25, 0.3) is 0 Å². The van der Waals surface area contributed by atoms with Crippen LogP contribution in [0.3, 0.4) is 0 Å². The monoisotopic (exact) mass is 474 g/mol. The molecule has 30 heavy (non-hydrogen) atoms. The highest BCUT2D eigenvalue weighted by Crippen LogP contribution is 2.36. The molecule has 1 N–H and O–H groups in total. The van der Waals surface area contributed by atoms with Crippen molar-refractivity contribution in [2.45, 2.75) is 12.4 Å². The zero-order valence-electron chi connectivity index (χ0n) is 15.0. The van der Waals surface area contributed by atoms with Crippen molar-refractivity contribution >= 4 is 38.9 Å². The van der Waals surface area contributed by atoms with E-state index in [1.165, 1.54) is 0 Å². The summed E-state index contributed by atoms with van der Waals surface area (Å²) in [6, 6.07) is 5.27. The van der Waals surface area contributed by atoms with Gasteiger partial charge < -0.3 is 5.32 Å². The summed E-state index contributed by atoms with van der Waals surface area (Å²) < 4.78 is 101. The van der Waals surface area contributed by atoms with Crippen molar-refractivity contribution in [3.05, 3.63) is 58.6 Å². The molecule has 0 aliphatic heterocycles. The van der Waals surface area contributed by atoms with Gasteiger partial charge in [0.2, 0.25) is 15.9 Å². The SMILES string of the molecule is CS(=O)(=O)N(CC(=O)Nc1ccc(C(F)(F)F)cc1)c1cc(C(F)(F)F)ccc1Cl. The third-order valence-electron chi connectivity index (χ3n) is 3.73. The molecular weight excluding hydrogens is 462 g/mol. The molecule has 0 spiro atoms. The van der Waals surface area contributed by atoms with Gasteiger partial charge >= 0.3 is 12.4 Å². The van der Waals surface area contributed by atoms with Crippen molar-refractivity contribution in [3.8, 4) is 0 Å². The van der Waals surface area contributed by atoms with Crippen LogP contribution in [0.4, 0.5) is 37.7 Å². The smallest absolute Gasteiger partial charge is 0.325 e. The highest BCUT2D eigenvalue weighted by molar-refractivity contribution is 7.92. The van der Waals surface area contributed by atoms with Crippen LogP contribution in [0.5, 0.6) is 0 Å². The zero-order chi connectivity index (χ0) is 22.9. The summed E-state index contributed by atoms with van der Waals surface area (Å²) in [5.74, 6) is -1.01. The predicted octanol–water partition coefficient (Wildman–Crippen LogP) is 4.78. The molecule has 0 atom stereocenters. The number of carbonyl (C=O) groups excluding carboxylic acids is 1. The molecule has 5 nitrogen and oxygen atoms in total. The molecular formula is C17H13ClF6N2O3S. The largest absolute Gasteiger partial charge is 0.416 e. The molecule has 13 heteroatoms. The van der Waals surface area contributed by atoms with Crippen LogP contribution in [0, 0.1) is 0 Å². The van der Waals surface area contributed by atoms with Gasteiger partial charge in [-0.1, -0.05) is 11.6 Å². The van der Waals surface area contributed by atoms with E-state index in [2.05, 4.69) is 5.32 Å². The average molecular weight is 475 g/mol. The minimum atomic E-state index is -4.79. The Balaban J connectivity index is 2.29. The van der Waals surface area contributed by atoms with Gasteiger partial charge in [0.1, 0.15) is 6.54 Å². The number of nitrogens with one attached hydrogen (secondary N) is 1. The van der Waals surface area contributed by atoms with Crippen LogP contribution in [-0.2, 0) is 27.2 Å². The fraction of sp³-hybridized carbons (Fsp3) is 0.235. The second-order valence-electron chi connectivity index (χ2n) is 6.06. The van der Waals surface area contributed by atoms with Crippen LogP contribution in [0.1, 0.15) is 11.1 Å². The molecule has 0 bridgehead atoms. The molecule has 1 amide bonds. The van der Waals surface area contributed by atoms with E-state index in [9.17, 15) is 39.6 Å². The van der Waals surface area contributed by atoms with Gasteiger partial charge in [-0.2, -0.15) is 26.3 Å². The van der Waals surface area contributed by atoms with Gasteiger partial charge in [0, 0.05) is 5.69 Å².